The number of hydrogen-bond donors (Lipinski definition) is 0. The van der Waals surface area contributed by atoms with Crippen molar-refractivity contribution >= 4 is 15.9 Å². The molecule has 2 saturated heterocycles. The zero-order valence-electron chi connectivity index (χ0n) is 18.0. The van der Waals surface area contributed by atoms with Gasteiger partial charge in [-0.3, -0.25) is 0 Å². The van der Waals surface area contributed by atoms with Crippen molar-refractivity contribution in [2.45, 2.75) is 39.0 Å². The average molecular weight is 438 g/mol. The van der Waals surface area contributed by atoms with Crippen LogP contribution >= 0.6 is 0 Å². The number of hydrogen-bond acceptors (Lipinski definition) is 6. The molecule has 2 aromatic rings. The molecule has 0 radical (unpaired) electrons. The molecule has 0 atom stereocenters. The van der Waals surface area contributed by atoms with E-state index in [0.717, 1.165) is 24.2 Å². The van der Waals surface area contributed by atoms with Gasteiger partial charge in [0.1, 0.15) is 0 Å². The highest BCUT2D eigenvalue weighted by Gasteiger charge is 2.33. The molecule has 2 aromatic heterocycles. The number of nitrogens with zero attached hydrogens (tertiary/aromatic N) is 5. The van der Waals surface area contributed by atoms with E-state index in [1.54, 1.807) is 8.82 Å². The summed E-state index contributed by atoms with van der Waals surface area (Å²) in [6.07, 6.45) is 3.51. The molecule has 4 heterocycles. The quantitative estimate of drug-likeness (QED) is 0.707. The van der Waals surface area contributed by atoms with Crippen LogP contribution in [0, 0.1) is 5.92 Å². The Kier molecular flexibility index (Phi) is 6.02. The van der Waals surface area contributed by atoms with Crippen LogP contribution in [-0.2, 0) is 20.4 Å². The summed E-state index contributed by atoms with van der Waals surface area (Å²) in [5.74, 6) is 0.871. The van der Waals surface area contributed by atoms with E-state index in [1.807, 2.05) is 18.3 Å². The monoisotopic (exact) mass is 437 g/mol. The number of aromatic nitrogens is 3. The van der Waals surface area contributed by atoms with Crippen LogP contribution in [-0.4, -0.2) is 77.6 Å². The van der Waals surface area contributed by atoms with Gasteiger partial charge >= 0.3 is 0 Å². The Morgan fingerprint density at radius 1 is 1.10 bits per heavy atom. The molecule has 166 valence electrons. The number of piperidine rings is 1. The largest absolute Gasteiger partial charge is 0.476 e. The van der Waals surface area contributed by atoms with Gasteiger partial charge in [0.05, 0.1) is 31.7 Å². The van der Waals surface area contributed by atoms with Crippen molar-refractivity contribution in [1.82, 2.24) is 23.2 Å². The van der Waals surface area contributed by atoms with Crippen molar-refractivity contribution in [1.29, 1.82) is 0 Å². The Morgan fingerprint density at radius 2 is 1.77 bits per heavy atom. The van der Waals surface area contributed by atoms with E-state index in [0.29, 0.717) is 57.8 Å². The fourth-order valence-corrected chi connectivity index (χ4v) is 5.36. The molecular weight excluding hydrogens is 406 g/mol. The predicted octanol–water partition coefficient (Wildman–Crippen LogP) is 1.69. The summed E-state index contributed by atoms with van der Waals surface area (Å²) in [6.45, 7) is 9.75. The first kappa shape index (κ1) is 21.5. The van der Waals surface area contributed by atoms with Crippen LogP contribution in [0.5, 0.6) is 5.88 Å². The minimum Gasteiger partial charge on any atom is -0.476 e. The fraction of sp³-hybridized carbons (Fsp3) is 0.700. The molecule has 0 unspecified atom stereocenters. The van der Waals surface area contributed by atoms with E-state index in [9.17, 15) is 8.42 Å². The summed E-state index contributed by atoms with van der Waals surface area (Å²) in [5, 5.41) is 4.52. The Labute approximate surface area is 178 Å². The first-order chi connectivity index (χ1) is 14.2. The van der Waals surface area contributed by atoms with E-state index >= 15 is 0 Å². The van der Waals surface area contributed by atoms with Gasteiger partial charge in [-0.25, -0.2) is 9.50 Å². The third-order valence-corrected chi connectivity index (χ3v) is 7.76. The molecule has 10 heteroatoms. The first-order valence-corrected chi connectivity index (χ1v) is 12.0. The maximum absolute atomic E-state index is 12.8. The zero-order valence-corrected chi connectivity index (χ0v) is 18.8. The van der Waals surface area contributed by atoms with E-state index in [-0.39, 0.29) is 5.41 Å². The second-order valence-corrected chi connectivity index (χ2v) is 11.0. The van der Waals surface area contributed by atoms with Crippen molar-refractivity contribution in [3.8, 4) is 5.88 Å². The normalized spacial score (nSPS) is 20.6. The van der Waals surface area contributed by atoms with Gasteiger partial charge < -0.3 is 9.47 Å². The second kappa shape index (κ2) is 8.41. The molecule has 30 heavy (non-hydrogen) atoms. The standard InChI is InChI=1S/C20H31N5O4S/c1-20(2,3)17-14-25-18(21-17)4-5-19(22-25)29-15-16-6-8-23(9-7-16)30(26,27)24-10-12-28-13-11-24/h4-5,14,16H,6-13,15H2,1-3H3. The van der Waals surface area contributed by atoms with Crippen LogP contribution in [0.15, 0.2) is 18.3 Å². The van der Waals surface area contributed by atoms with Gasteiger partial charge in [0.25, 0.3) is 10.2 Å². The minimum absolute atomic E-state index is 0.0375. The van der Waals surface area contributed by atoms with Crippen molar-refractivity contribution < 1.29 is 17.9 Å². The number of rotatable bonds is 5. The van der Waals surface area contributed by atoms with Crippen molar-refractivity contribution in [2.75, 3.05) is 46.0 Å². The number of imidazole rings is 1. The first-order valence-electron chi connectivity index (χ1n) is 10.6. The zero-order chi connectivity index (χ0) is 21.4. The molecule has 0 spiro atoms. The van der Waals surface area contributed by atoms with Crippen molar-refractivity contribution in [3.05, 3.63) is 24.0 Å². The summed E-state index contributed by atoms with van der Waals surface area (Å²) in [7, 11) is -3.39. The molecule has 2 aliphatic rings. The van der Waals surface area contributed by atoms with Gasteiger partial charge in [0.15, 0.2) is 5.65 Å². The van der Waals surface area contributed by atoms with Gasteiger partial charge in [-0.2, -0.15) is 17.0 Å². The lowest BCUT2D eigenvalue weighted by atomic mass is 9.93. The topological polar surface area (TPSA) is 89.3 Å². The summed E-state index contributed by atoms with van der Waals surface area (Å²) in [4.78, 5) is 4.62. The lowest BCUT2D eigenvalue weighted by molar-refractivity contribution is 0.0688. The third kappa shape index (κ3) is 4.61. The van der Waals surface area contributed by atoms with Crippen LogP contribution in [0.2, 0.25) is 0 Å². The van der Waals surface area contributed by atoms with E-state index < -0.39 is 10.2 Å². The molecule has 2 aliphatic heterocycles. The highest BCUT2D eigenvalue weighted by Crippen LogP contribution is 2.24. The summed E-state index contributed by atoms with van der Waals surface area (Å²) in [6, 6.07) is 3.75. The molecular formula is C20H31N5O4S. The Hall–Kier alpha value is -1.75. The third-order valence-electron chi connectivity index (χ3n) is 5.73. The summed E-state index contributed by atoms with van der Waals surface area (Å²) < 4.78 is 41.6. The SMILES string of the molecule is CC(C)(C)c1cn2nc(OCC3CCN(S(=O)(=O)N4CCOCC4)CC3)ccc2n1. The molecule has 9 nitrogen and oxygen atoms in total. The average Bonchev–Trinajstić information content (AvgIpc) is 3.17. The highest BCUT2D eigenvalue weighted by atomic mass is 32.2. The summed E-state index contributed by atoms with van der Waals surface area (Å²) in [5.41, 5.74) is 1.75. The van der Waals surface area contributed by atoms with Crippen LogP contribution < -0.4 is 4.74 Å². The maximum atomic E-state index is 12.8. The lowest BCUT2D eigenvalue weighted by Crippen LogP contribution is -2.51. The Morgan fingerprint density at radius 3 is 2.43 bits per heavy atom. The van der Waals surface area contributed by atoms with Gasteiger partial charge in [0.2, 0.25) is 5.88 Å². The molecule has 0 amide bonds. The van der Waals surface area contributed by atoms with E-state index in [4.69, 9.17) is 9.47 Å². The van der Waals surface area contributed by atoms with Crippen LogP contribution in [0.3, 0.4) is 0 Å². The summed E-state index contributed by atoms with van der Waals surface area (Å²) >= 11 is 0. The van der Waals surface area contributed by atoms with Gasteiger partial charge in [-0.05, 0) is 24.8 Å². The number of ether oxygens (including phenoxy) is 2. The van der Waals surface area contributed by atoms with Crippen molar-refractivity contribution in [3.63, 3.8) is 0 Å². The molecule has 0 bridgehead atoms. The van der Waals surface area contributed by atoms with Crippen molar-refractivity contribution in [2.24, 2.45) is 5.92 Å². The fourth-order valence-electron chi connectivity index (χ4n) is 3.75. The highest BCUT2D eigenvalue weighted by molar-refractivity contribution is 7.86. The molecule has 0 aliphatic carbocycles. The molecule has 2 fully saturated rings. The smallest absolute Gasteiger partial charge is 0.282 e. The predicted molar refractivity (Wildman–Crippen MR) is 113 cm³/mol. The van der Waals surface area contributed by atoms with Crippen LogP contribution in [0.25, 0.3) is 5.65 Å². The molecule has 0 saturated carbocycles. The van der Waals surface area contributed by atoms with Crippen LogP contribution in [0.4, 0.5) is 0 Å². The number of fused-ring (bicyclic) bond motifs is 1. The van der Waals surface area contributed by atoms with Gasteiger partial charge in [0, 0.05) is 37.7 Å². The Balaban J connectivity index is 1.31. The molecule has 0 N–H and O–H groups in total. The van der Waals surface area contributed by atoms with Gasteiger partial charge in [-0.1, -0.05) is 20.8 Å². The molecule has 0 aromatic carbocycles. The van der Waals surface area contributed by atoms with E-state index in [2.05, 4.69) is 30.9 Å². The van der Waals surface area contributed by atoms with Gasteiger partial charge in [-0.15, -0.1) is 5.10 Å². The maximum Gasteiger partial charge on any atom is 0.282 e. The van der Waals surface area contributed by atoms with Crippen LogP contribution in [0.1, 0.15) is 39.3 Å². The minimum atomic E-state index is -3.39. The molecule has 4 rings (SSSR count). The van der Waals surface area contributed by atoms with E-state index in [1.165, 1.54) is 4.31 Å². The lowest BCUT2D eigenvalue weighted by Gasteiger charge is -2.36. The second-order valence-electron chi connectivity index (χ2n) is 9.02. The number of morpholine rings is 1. The Bertz CT molecular complexity index is 971.